The van der Waals surface area contributed by atoms with Crippen molar-refractivity contribution in [2.24, 2.45) is 0 Å². The van der Waals surface area contributed by atoms with E-state index in [0.717, 1.165) is 5.82 Å². The van der Waals surface area contributed by atoms with Crippen molar-refractivity contribution in [3.63, 3.8) is 0 Å². The zero-order chi connectivity index (χ0) is 24.1. The van der Waals surface area contributed by atoms with Crippen molar-refractivity contribution in [2.45, 2.75) is 0 Å². The Kier molecular flexibility index (Phi) is 7.18. The zero-order valence-electron chi connectivity index (χ0n) is 19.0. The second-order valence-electron chi connectivity index (χ2n) is 7.75. The fraction of sp³-hybridized carbons (Fsp3) is 0.240. The Labute approximate surface area is 203 Å². The van der Waals surface area contributed by atoms with Gasteiger partial charge in [-0.1, -0.05) is 17.7 Å². The summed E-state index contributed by atoms with van der Waals surface area (Å²) in [5.41, 5.74) is 1.58. The smallest absolute Gasteiger partial charge is 0.255 e. The lowest BCUT2D eigenvalue weighted by Crippen LogP contribution is -2.49. The summed E-state index contributed by atoms with van der Waals surface area (Å²) >= 11 is 6.01. The maximum absolute atomic E-state index is 12.7. The van der Waals surface area contributed by atoms with Crippen LogP contribution in [0, 0.1) is 0 Å². The molecule has 3 aromatic rings. The minimum absolute atomic E-state index is 0.0256. The van der Waals surface area contributed by atoms with Gasteiger partial charge in [0.2, 0.25) is 0 Å². The molecule has 2 amide bonds. The summed E-state index contributed by atoms with van der Waals surface area (Å²) in [6.45, 7) is 2.50. The number of nitrogens with zero attached hydrogens (tertiary/aromatic N) is 3. The zero-order valence-corrected chi connectivity index (χ0v) is 19.7. The average molecular weight is 481 g/mol. The van der Waals surface area contributed by atoms with E-state index in [1.807, 2.05) is 11.0 Å². The number of pyridine rings is 1. The van der Waals surface area contributed by atoms with Crippen LogP contribution in [0.5, 0.6) is 11.5 Å². The number of carbonyl (C=O) groups excluding carboxylic acids is 2. The van der Waals surface area contributed by atoms with E-state index in [1.54, 1.807) is 54.7 Å². The molecule has 9 heteroatoms. The quantitative estimate of drug-likeness (QED) is 0.574. The molecule has 0 aliphatic carbocycles. The number of hydrogen-bond donors (Lipinski definition) is 1. The van der Waals surface area contributed by atoms with Crippen LogP contribution < -0.4 is 19.7 Å². The molecular formula is C25H25ClN4O4. The monoisotopic (exact) mass is 480 g/mol. The minimum Gasteiger partial charge on any atom is -0.497 e. The first-order valence-corrected chi connectivity index (χ1v) is 11.1. The first kappa shape index (κ1) is 23.4. The predicted octanol–water partition coefficient (Wildman–Crippen LogP) is 3.97. The molecule has 0 bridgehead atoms. The fourth-order valence-corrected chi connectivity index (χ4v) is 3.92. The minimum atomic E-state index is -0.292. The van der Waals surface area contributed by atoms with Gasteiger partial charge in [0.05, 0.1) is 26.1 Å². The number of rotatable bonds is 6. The molecule has 1 N–H and O–H groups in total. The summed E-state index contributed by atoms with van der Waals surface area (Å²) in [6, 6.07) is 15.6. The van der Waals surface area contributed by atoms with E-state index in [-0.39, 0.29) is 11.8 Å². The summed E-state index contributed by atoms with van der Waals surface area (Å²) in [4.78, 5) is 33.8. The molecule has 0 unspecified atom stereocenters. The number of halogens is 1. The molecule has 1 saturated heterocycles. The molecule has 176 valence electrons. The van der Waals surface area contributed by atoms with Crippen LogP contribution in [0.3, 0.4) is 0 Å². The number of methoxy groups -OCH3 is 2. The summed E-state index contributed by atoms with van der Waals surface area (Å²) in [5, 5.41) is 3.39. The molecule has 2 heterocycles. The first-order chi connectivity index (χ1) is 16.5. The molecule has 1 aliphatic rings. The molecule has 2 aromatic carbocycles. The normalized spacial score (nSPS) is 13.4. The van der Waals surface area contributed by atoms with E-state index < -0.39 is 0 Å². The number of benzene rings is 2. The lowest BCUT2D eigenvalue weighted by Gasteiger charge is -2.35. The van der Waals surface area contributed by atoms with Gasteiger partial charge in [-0.3, -0.25) is 9.59 Å². The van der Waals surface area contributed by atoms with E-state index in [4.69, 9.17) is 21.1 Å². The van der Waals surface area contributed by atoms with Crippen LogP contribution >= 0.6 is 11.6 Å². The SMILES string of the molecule is COc1cc(OC)cc(C(=O)Nc2ccc(N3CCN(C(=O)c4cccc(Cl)c4)CC3)nc2)c1. The van der Waals surface area contributed by atoms with Gasteiger partial charge in [-0.15, -0.1) is 0 Å². The van der Waals surface area contributed by atoms with Gasteiger partial charge in [0.15, 0.2) is 0 Å². The molecule has 8 nitrogen and oxygen atoms in total. The van der Waals surface area contributed by atoms with E-state index in [9.17, 15) is 9.59 Å². The van der Waals surface area contributed by atoms with Crippen LogP contribution in [-0.2, 0) is 0 Å². The van der Waals surface area contributed by atoms with E-state index >= 15 is 0 Å². The van der Waals surface area contributed by atoms with Gasteiger partial charge in [0.25, 0.3) is 11.8 Å². The van der Waals surface area contributed by atoms with Gasteiger partial charge in [-0.25, -0.2) is 4.98 Å². The molecule has 4 rings (SSSR count). The molecule has 34 heavy (non-hydrogen) atoms. The topological polar surface area (TPSA) is 84.0 Å². The highest BCUT2D eigenvalue weighted by Gasteiger charge is 2.23. The number of anilines is 2. The molecule has 0 spiro atoms. The van der Waals surface area contributed by atoms with Crippen molar-refractivity contribution in [1.29, 1.82) is 0 Å². The molecule has 0 radical (unpaired) electrons. The van der Waals surface area contributed by atoms with Crippen LogP contribution in [0.25, 0.3) is 0 Å². The first-order valence-electron chi connectivity index (χ1n) is 10.8. The number of nitrogens with one attached hydrogen (secondary N) is 1. The van der Waals surface area contributed by atoms with Gasteiger partial charge >= 0.3 is 0 Å². The number of hydrogen-bond acceptors (Lipinski definition) is 6. The molecule has 0 saturated carbocycles. The van der Waals surface area contributed by atoms with Crippen molar-refractivity contribution in [3.8, 4) is 11.5 Å². The standard InChI is InChI=1S/C25H25ClN4O4/c1-33-21-13-18(14-22(15-21)34-2)24(31)28-20-6-7-23(27-16-20)29-8-10-30(11-9-29)25(32)17-4-3-5-19(26)12-17/h3-7,12-16H,8-11H2,1-2H3,(H,28,31). The predicted molar refractivity (Wildman–Crippen MR) is 131 cm³/mol. The molecule has 1 aromatic heterocycles. The van der Waals surface area contributed by atoms with Crippen LogP contribution in [0.4, 0.5) is 11.5 Å². The van der Waals surface area contributed by atoms with Gasteiger partial charge in [0.1, 0.15) is 17.3 Å². The van der Waals surface area contributed by atoms with Crippen molar-refractivity contribution >= 4 is 34.9 Å². The highest BCUT2D eigenvalue weighted by Crippen LogP contribution is 2.24. The van der Waals surface area contributed by atoms with Crippen LogP contribution in [-0.4, -0.2) is 62.1 Å². The molecular weight excluding hydrogens is 456 g/mol. The second kappa shape index (κ2) is 10.4. The number of carbonyl (C=O) groups is 2. The van der Waals surface area contributed by atoms with Gasteiger partial charge in [0, 0.05) is 48.4 Å². The maximum atomic E-state index is 12.7. The van der Waals surface area contributed by atoms with Crippen molar-refractivity contribution in [1.82, 2.24) is 9.88 Å². The number of aromatic nitrogens is 1. The fourth-order valence-electron chi connectivity index (χ4n) is 3.73. The number of piperazine rings is 1. The highest BCUT2D eigenvalue weighted by atomic mass is 35.5. The Balaban J connectivity index is 1.35. The number of amides is 2. The Morgan fingerprint density at radius 1 is 0.912 bits per heavy atom. The Morgan fingerprint density at radius 3 is 2.21 bits per heavy atom. The maximum Gasteiger partial charge on any atom is 0.255 e. The van der Waals surface area contributed by atoms with E-state index in [2.05, 4.69) is 15.2 Å². The van der Waals surface area contributed by atoms with Crippen LogP contribution in [0.2, 0.25) is 5.02 Å². The lowest BCUT2D eigenvalue weighted by atomic mass is 10.1. The van der Waals surface area contributed by atoms with Crippen LogP contribution in [0.1, 0.15) is 20.7 Å². The summed E-state index contributed by atoms with van der Waals surface area (Å²) < 4.78 is 10.4. The third-order valence-electron chi connectivity index (χ3n) is 5.58. The number of ether oxygens (including phenoxy) is 2. The van der Waals surface area contributed by atoms with Gasteiger partial charge < -0.3 is 24.6 Å². The third kappa shape index (κ3) is 5.40. The molecule has 1 aliphatic heterocycles. The third-order valence-corrected chi connectivity index (χ3v) is 5.82. The van der Waals surface area contributed by atoms with Crippen molar-refractivity contribution in [2.75, 3.05) is 50.6 Å². The van der Waals surface area contributed by atoms with Crippen molar-refractivity contribution < 1.29 is 19.1 Å². The molecule has 0 atom stereocenters. The average Bonchev–Trinajstić information content (AvgIpc) is 2.88. The van der Waals surface area contributed by atoms with E-state index in [0.29, 0.717) is 59.5 Å². The van der Waals surface area contributed by atoms with Crippen molar-refractivity contribution in [3.05, 3.63) is 76.9 Å². The molecule has 1 fully saturated rings. The van der Waals surface area contributed by atoms with E-state index in [1.165, 1.54) is 14.2 Å². The summed E-state index contributed by atoms with van der Waals surface area (Å²) in [6.07, 6.45) is 1.62. The Hall–Kier alpha value is -3.78. The van der Waals surface area contributed by atoms with Gasteiger partial charge in [-0.05, 0) is 42.5 Å². The largest absolute Gasteiger partial charge is 0.497 e. The van der Waals surface area contributed by atoms with Gasteiger partial charge in [-0.2, -0.15) is 0 Å². The second-order valence-corrected chi connectivity index (χ2v) is 8.19. The Morgan fingerprint density at radius 2 is 1.62 bits per heavy atom. The summed E-state index contributed by atoms with van der Waals surface area (Å²) in [7, 11) is 3.07. The van der Waals surface area contributed by atoms with Crippen LogP contribution in [0.15, 0.2) is 60.8 Å². The highest BCUT2D eigenvalue weighted by molar-refractivity contribution is 6.30. The Bertz CT molecular complexity index is 1160. The lowest BCUT2D eigenvalue weighted by molar-refractivity contribution is 0.0746. The summed E-state index contributed by atoms with van der Waals surface area (Å²) in [5.74, 6) is 1.54.